The molecule has 0 fully saturated rings. The second kappa shape index (κ2) is 9.76. The number of aryl methyl sites for hydroxylation is 1. The summed E-state index contributed by atoms with van der Waals surface area (Å²) in [5, 5.41) is 2.96. The third kappa shape index (κ3) is 6.67. The van der Waals surface area contributed by atoms with E-state index in [2.05, 4.69) is 10.0 Å². The topological polar surface area (TPSA) is 84.5 Å². The van der Waals surface area contributed by atoms with Crippen LogP contribution in [0.5, 0.6) is 5.75 Å². The summed E-state index contributed by atoms with van der Waals surface area (Å²) in [5.74, 6) is 0.614. The highest BCUT2D eigenvalue weighted by Crippen LogP contribution is 2.27. The van der Waals surface area contributed by atoms with Crippen molar-refractivity contribution in [2.45, 2.75) is 19.9 Å². The number of rotatable bonds is 8. The van der Waals surface area contributed by atoms with Gasteiger partial charge in [-0.2, -0.15) is 0 Å². The third-order valence-electron chi connectivity index (χ3n) is 4.82. The van der Waals surface area contributed by atoms with Crippen LogP contribution in [0.25, 0.3) is 11.1 Å². The maximum Gasteiger partial charge on any atom is 0.228 e. The highest BCUT2D eigenvalue weighted by atomic mass is 32.2. The fourth-order valence-electron chi connectivity index (χ4n) is 3.20. The van der Waals surface area contributed by atoms with E-state index in [1.807, 2.05) is 73.7 Å². The molecule has 6 nitrogen and oxygen atoms in total. The molecule has 0 unspecified atom stereocenters. The van der Waals surface area contributed by atoms with Crippen molar-refractivity contribution in [3.05, 3.63) is 83.4 Å². The van der Waals surface area contributed by atoms with E-state index in [0.717, 1.165) is 45.5 Å². The predicted octanol–water partition coefficient (Wildman–Crippen LogP) is 4.39. The van der Waals surface area contributed by atoms with Gasteiger partial charge in [0.25, 0.3) is 0 Å². The Kier molecular flexibility index (Phi) is 7.09. The predicted molar refractivity (Wildman–Crippen MR) is 128 cm³/mol. The molecule has 7 heteroatoms. The zero-order valence-corrected chi connectivity index (χ0v) is 18.6. The zero-order valence-electron chi connectivity index (χ0n) is 17.8. The van der Waals surface area contributed by atoms with E-state index in [1.54, 1.807) is 7.11 Å². The highest BCUT2D eigenvalue weighted by Gasteiger charge is 2.09. The van der Waals surface area contributed by atoms with Gasteiger partial charge < -0.3 is 10.1 Å². The molecular weight excluding hydrogens is 412 g/mol. The van der Waals surface area contributed by atoms with Crippen LogP contribution in [0.2, 0.25) is 0 Å². The molecule has 0 spiro atoms. The van der Waals surface area contributed by atoms with E-state index in [0.29, 0.717) is 0 Å². The van der Waals surface area contributed by atoms with Gasteiger partial charge in [-0.3, -0.25) is 4.79 Å². The fourth-order valence-corrected chi connectivity index (χ4v) is 3.63. The van der Waals surface area contributed by atoms with Gasteiger partial charge in [-0.1, -0.05) is 42.5 Å². The van der Waals surface area contributed by atoms with Crippen LogP contribution >= 0.6 is 0 Å². The Hall–Kier alpha value is -3.16. The molecule has 0 atom stereocenters. The molecule has 0 aromatic heterocycles. The first-order valence-corrected chi connectivity index (χ1v) is 11.7. The molecule has 0 bridgehead atoms. The molecule has 166 valence electrons. The Bertz CT molecular complexity index is 1180. The van der Waals surface area contributed by atoms with Crippen molar-refractivity contribution in [1.29, 1.82) is 0 Å². The van der Waals surface area contributed by atoms with Crippen molar-refractivity contribution in [1.82, 2.24) is 4.72 Å². The van der Waals surface area contributed by atoms with Crippen LogP contribution in [0.1, 0.15) is 19.5 Å². The molecule has 3 aromatic rings. The normalized spacial score (nSPS) is 11.2. The molecule has 0 radical (unpaired) electrons. The molecule has 0 aliphatic carbocycles. The maximum atomic E-state index is 12.5. The summed E-state index contributed by atoms with van der Waals surface area (Å²) < 4.78 is 30.2. The summed E-state index contributed by atoms with van der Waals surface area (Å²) in [5.41, 5.74) is 5.53. The summed E-state index contributed by atoms with van der Waals surface area (Å²) in [6, 6.07) is 20.9. The minimum atomic E-state index is -3.23. The average molecular weight is 443 g/mol. The average Bonchev–Trinajstić information content (AvgIpc) is 2.73. The Labute approximate surface area is 186 Å². The lowest BCUT2D eigenvalue weighted by Gasteiger charge is -2.12. The number of carbonyl (C=O) groups is 1. The van der Waals surface area contributed by atoms with Crippen LogP contribution in [0, 0.1) is 6.92 Å². The fraction of sp³-hybridized carbons (Fsp3) is 0.208. The second-order valence-corrected chi connectivity index (χ2v) is 9.23. The number of carbonyl (C=O) groups excluding carboxylic acids is 1. The van der Waals surface area contributed by atoms with Crippen molar-refractivity contribution in [3.63, 3.8) is 0 Å². The SMILES string of the molecule is COc1cccc(CC(=O)Nc2ccc(C)c(-c3ccc(CNS(C)(=O)=O)cc3)c2)c1.[HH].[HH]. The van der Waals surface area contributed by atoms with Crippen molar-refractivity contribution in [2.75, 3.05) is 18.7 Å². The van der Waals surface area contributed by atoms with Crippen molar-refractivity contribution in [3.8, 4) is 16.9 Å². The van der Waals surface area contributed by atoms with Gasteiger partial charge in [-0.15, -0.1) is 0 Å². The largest absolute Gasteiger partial charge is 0.497 e. The third-order valence-corrected chi connectivity index (χ3v) is 5.49. The van der Waals surface area contributed by atoms with E-state index >= 15 is 0 Å². The Morgan fingerprint density at radius 3 is 2.42 bits per heavy atom. The van der Waals surface area contributed by atoms with E-state index in [1.165, 1.54) is 0 Å². The molecule has 0 aliphatic rings. The van der Waals surface area contributed by atoms with E-state index < -0.39 is 10.0 Å². The molecule has 0 aliphatic heterocycles. The van der Waals surface area contributed by atoms with Gasteiger partial charge in [-0.05, 0) is 59.0 Å². The van der Waals surface area contributed by atoms with Gasteiger partial charge in [0.2, 0.25) is 15.9 Å². The van der Waals surface area contributed by atoms with Crippen LogP contribution in [0.15, 0.2) is 66.7 Å². The van der Waals surface area contributed by atoms with E-state index in [9.17, 15) is 13.2 Å². The smallest absolute Gasteiger partial charge is 0.228 e. The van der Waals surface area contributed by atoms with Crippen LogP contribution < -0.4 is 14.8 Å². The number of amides is 1. The summed E-state index contributed by atoms with van der Waals surface area (Å²) in [6.07, 6.45) is 1.39. The van der Waals surface area contributed by atoms with Gasteiger partial charge in [0.1, 0.15) is 5.75 Å². The molecule has 31 heavy (non-hydrogen) atoms. The second-order valence-electron chi connectivity index (χ2n) is 7.40. The number of ether oxygens (including phenoxy) is 1. The number of sulfonamides is 1. The van der Waals surface area contributed by atoms with Crippen molar-refractivity contribution in [2.24, 2.45) is 0 Å². The standard InChI is InChI=1S/C24H26N2O4S.2H2/c1-17-7-12-21(26-24(27)14-19-5-4-6-22(13-19)30-2)15-23(17)20-10-8-18(9-11-20)16-25-31(3,28)29;;/h4-13,15,25H,14,16H2,1-3H3,(H,26,27);2*1H. The molecule has 0 saturated heterocycles. The first kappa shape index (κ1) is 22.5. The summed E-state index contributed by atoms with van der Waals surface area (Å²) >= 11 is 0. The van der Waals surface area contributed by atoms with Gasteiger partial charge >= 0.3 is 0 Å². The number of anilines is 1. The van der Waals surface area contributed by atoms with Gasteiger partial charge in [0, 0.05) is 15.1 Å². The molecule has 2 N–H and O–H groups in total. The first-order chi connectivity index (χ1) is 14.7. The Balaban J connectivity index is 0.00000272. The molecule has 1 amide bonds. The minimum absolute atomic E-state index is 0. The Morgan fingerprint density at radius 1 is 1.00 bits per heavy atom. The quantitative estimate of drug-likeness (QED) is 0.542. The molecule has 0 heterocycles. The maximum absolute atomic E-state index is 12.5. The van der Waals surface area contributed by atoms with Crippen LogP contribution in [-0.2, 0) is 27.8 Å². The lowest BCUT2D eigenvalue weighted by molar-refractivity contribution is -0.115. The van der Waals surface area contributed by atoms with Crippen LogP contribution in [-0.4, -0.2) is 27.7 Å². The zero-order chi connectivity index (χ0) is 22.4. The number of benzene rings is 3. The lowest BCUT2D eigenvalue weighted by atomic mass is 9.98. The number of methoxy groups -OCH3 is 1. The molecule has 3 rings (SSSR count). The van der Waals surface area contributed by atoms with Gasteiger partial charge in [0.15, 0.2) is 0 Å². The van der Waals surface area contributed by atoms with Crippen LogP contribution in [0.3, 0.4) is 0 Å². The number of hydrogen-bond donors (Lipinski definition) is 2. The monoisotopic (exact) mass is 442 g/mol. The van der Waals surface area contributed by atoms with E-state index in [4.69, 9.17) is 4.74 Å². The Morgan fingerprint density at radius 2 is 1.74 bits per heavy atom. The molecule has 0 saturated carbocycles. The summed E-state index contributed by atoms with van der Waals surface area (Å²) in [7, 11) is -1.63. The van der Waals surface area contributed by atoms with Gasteiger partial charge in [0.05, 0.1) is 19.8 Å². The van der Waals surface area contributed by atoms with Crippen molar-refractivity contribution >= 4 is 21.6 Å². The minimum Gasteiger partial charge on any atom is -0.497 e. The van der Waals surface area contributed by atoms with Crippen LogP contribution in [0.4, 0.5) is 5.69 Å². The van der Waals surface area contributed by atoms with Crippen molar-refractivity contribution < 1.29 is 20.8 Å². The summed E-state index contributed by atoms with van der Waals surface area (Å²) in [4.78, 5) is 12.5. The highest BCUT2D eigenvalue weighted by molar-refractivity contribution is 7.88. The number of nitrogens with one attached hydrogen (secondary N) is 2. The first-order valence-electron chi connectivity index (χ1n) is 9.81. The molecule has 3 aromatic carbocycles. The van der Waals surface area contributed by atoms with E-state index in [-0.39, 0.29) is 21.7 Å². The van der Waals surface area contributed by atoms with Gasteiger partial charge in [-0.25, -0.2) is 13.1 Å². The lowest BCUT2D eigenvalue weighted by Crippen LogP contribution is -2.21. The number of hydrogen-bond acceptors (Lipinski definition) is 4. The summed E-state index contributed by atoms with van der Waals surface area (Å²) in [6.45, 7) is 2.26. The molecular formula is C24H30N2O4S.